The Morgan fingerprint density at radius 2 is 2.00 bits per heavy atom. The summed E-state index contributed by atoms with van der Waals surface area (Å²) in [7, 11) is 0. The zero-order valence-electron chi connectivity index (χ0n) is 8.21. The highest BCUT2D eigenvalue weighted by atomic mass is 32.1. The highest BCUT2D eigenvalue weighted by Crippen LogP contribution is 2.19. The first kappa shape index (κ1) is 9.98. The maximum absolute atomic E-state index is 10.8. The van der Waals surface area contributed by atoms with E-state index in [-0.39, 0.29) is 0 Å². The molecule has 76 valence electrons. The molecule has 0 bridgehead atoms. The fourth-order valence-corrected chi connectivity index (χ4v) is 1.79. The van der Waals surface area contributed by atoms with Crippen LogP contribution in [0.3, 0.4) is 0 Å². The molecule has 3 nitrogen and oxygen atoms in total. The molecule has 2 aromatic rings. The summed E-state index contributed by atoms with van der Waals surface area (Å²) >= 11 is 4.29. The Morgan fingerprint density at radius 1 is 1.33 bits per heavy atom. The molecule has 0 spiro atoms. The molecule has 0 N–H and O–H groups in total. The predicted molar refractivity (Wildman–Crippen MR) is 60.9 cm³/mol. The quantitative estimate of drug-likeness (QED) is 0.620. The molecule has 1 aromatic carbocycles. The fourth-order valence-electron chi connectivity index (χ4n) is 1.41. The Balaban J connectivity index is 2.60. The second kappa shape index (κ2) is 3.90. The Hall–Kier alpha value is -1.55. The molecule has 0 saturated heterocycles. The highest BCUT2D eigenvalue weighted by Gasteiger charge is 2.11. The van der Waals surface area contributed by atoms with Crippen LogP contribution < -0.4 is 0 Å². The third kappa shape index (κ3) is 1.68. The van der Waals surface area contributed by atoms with Gasteiger partial charge < -0.3 is 0 Å². The van der Waals surface area contributed by atoms with Crippen molar-refractivity contribution >= 4 is 18.9 Å². The van der Waals surface area contributed by atoms with Crippen LogP contribution in [0.1, 0.15) is 16.1 Å². The van der Waals surface area contributed by atoms with E-state index < -0.39 is 0 Å². The first-order valence-corrected chi connectivity index (χ1v) is 4.98. The number of hydrogen-bond donors (Lipinski definition) is 1. The molecular formula is C11H10N2OS. The average Bonchev–Trinajstić information content (AvgIpc) is 2.55. The number of thiol groups is 1. The number of rotatable bonds is 2. The van der Waals surface area contributed by atoms with E-state index in [9.17, 15) is 4.79 Å². The van der Waals surface area contributed by atoms with Gasteiger partial charge in [0, 0.05) is 0 Å². The van der Waals surface area contributed by atoms with Crippen molar-refractivity contribution in [3.05, 3.63) is 41.6 Å². The van der Waals surface area contributed by atoms with E-state index >= 15 is 0 Å². The monoisotopic (exact) mass is 218 g/mol. The fraction of sp³-hybridized carbons (Fsp3) is 0.0909. The lowest BCUT2D eigenvalue weighted by Crippen LogP contribution is -1.96. The molecule has 0 aliphatic heterocycles. The molecule has 4 heteroatoms. The van der Waals surface area contributed by atoms with Crippen LogP contribution in [0.2, 0.25) is 0 Å². The molecule has 0 fully saturated rings. The SMILES string of the molecule is Cc1nn(-c2ccccc2)c(S)c1C=O. The third-order valence-electron chi connectivity index (χ3n) is 2.20. The summed E-state index contributed by atoms with van der Waals surface area (Å²) in [5, 5.41) is 4.84. The van der Waals surface area contributed by atoms with Crippen molar-refractivity contribution in [2.24, 2.45) is 0 Å². The molecule has 0 aliphatic rings. The molecule has 0 unspecified atom stereocenters. The van der Waals surface area contributed by atoms with E-state index in [2.05, 4.69) is 17.7 Å². The van der Waals surface area contributed by atoms with Crippen LogP contribution in [-0.2, 0) is 0 Å². The summed E-state index contributed by atoms with van der Waals surface area (Å²) in [5.41, 5.74) is 2.14. The van der Waals surface area contributed by atoms with Crippen LogP contribution in [0.4, 0.5) is 0 Å². The molecular weight excluding hydrogens is 208 g/mol. The molecule has 1 heterocycles. The van der Waals surface area contributed by atoms with Crippen molar-refractivity contribution in [1.82, 2.24) is 9.78 Å². The molecule has 0 amide bonds. The van der Waals surface area contributed by atoms with Crippen LogP contribution in [0, 0.1) is 6.92 Å². The maximum Gasteiger partial charge on any atom is 0.154 e. The summed E-state index contributed by atoms with van der Waals surface area (Å²) in [4.78, 5) is 10.8. The van der Waals surface area contributed by atoms with Crippen molar-refractivity contribution in [2.75, 3.05) is 0 Å². The molecule has 0 atom stereocenters. The summed E-state index contributed by atoms with van der Waals surface area (Å²) in [6.07, 6.45) is 0.782. The van der Waals surface area contributed by atoms with Crippen LogP contribution in [0.25, 0.3) is 5.69 Å². The standard InChI is InChI=1S/C11H10N2OS/c1-8-10(7-14)11(15)13(12-8)9-5-3-2-4-6-9/h2-7,15H,1H3. The lowest BCUT2D eigenvalue weighted by molar-refractivity contribution is 0.112. The van der Waals surface area contributed by atoms with Crippen molar-refractivity contribution in [3.63, 3.8) is 0 Å². The summed E-state index contributed by atoms with van der Waals surface area (Å²) in [6, 6.07) is 9.60. The zero-order valence-corrected chi connectivity index (χ0v) is 9.11. The Labute approximate surface area is 93.1 Å². The van der Waals surface area contributed by atoms with Gasteiger partial charge in [-0.1, -0.05) is 18.2 Å². The number of para-hydroxylation sites is 1. The lowest BCUT2D eigenvalue weighted by Gasteiger charge is -2.02. The van der Waals surface area contributed by atoms with Crippen molar-refractivity contribution in [1.29, 1.82) is 0 Å². The van der Waals surface area contributed by atoms with Gasteiger partial charge in [-0.05, 0) is 19.1 Å². The highest BCUT2D eigenvalue weighted by molar-refractivity contribution is 7.80. The number of aldehydes is 1. The van der Waals surface area contributed by atoms with Gasteiger partial charge in [0.1, 0.15) is 5.03 Å². The number of benzene rings is 1. The topological polar surface area (TPSA) is 34.9 Å². The third-order valence-corrected chi connectivity index (χ3v) is 2.63. The lowest BCUT2D eigenvalue weighted by atomic mass is 10.3. The number of nitrogens with zero attached hydrogens (tertiary/aromatic N) is 2. The van der Waals surface area contributed by atoms with E-state index in [4.69, 9.17) is 0 Å². The van der Waals surface area contributed by atoms with Gasteiger partial charge in [-0.2, -0.15) is 5.10 Å². The van der Waals surface area contributed by atoms with Gasteiger partial charge in [0.15, 0.2) is 6.29 Å². The number of carbonyl (C=O) groups is 1. The number of aryl methyl sites for hydroxylation is 1. The predicted octanol–water partition coefficient (Wildman–Crippen LogP) is 2.28. The Morgan fingerprint density at radius 3 is 2.53 bits per heavy atom. The van der Waals surface area contributed by atoms with E-state index in [1.54, 1.807) is 11.6 Å². The normalized spacial score (nSPS) is 10.3. The average molecular weight is 218 g/mol. The minimum atomic E-state index is 0.544. The van der Waals surface area contributed by atoms with Crippen LogP contribution in [0.15, 0.2) is 35.4 Å². The van der Waals surface area contributed by atoms with Gasteiger partial charge in [0.05, 0.1) is 16.9 Å². The van der Waals surface area contributed by atoms with E-state index in [1.165, 1.54) is 0 Å². The molecule has 2 rings (SSSR count). The minimum Gasteiger partial charge on any atom is -0.298 e. The number of carbonyl (C=O) groups excluding carboxylic acids is 1. The molecule has 0 saturated carbocycles. The Kier molecular flexibility index (Phi) is 2.60. The number of aromatic nitrogens is 2. The minimum absolute atomic E-state index is 0.544. The van der Waals surface area contributed by atoms with E-state index in [1.807, 2.05) is 30.3 Å². The van der Waals surface area contributed by atoms with Gasteiger partial charge in [0.25, 0.3) is 0 Å². The summed E-state index contributed by atoms with van der Waals surface area (Å²) < 4.78 is 1.65. The number of hydrogen-bond acceptors (Lipinski definition) is 3. The van der Waals surface area contributed by atoms with Crippen LogP contribution >= 0.6 is 12.6 Å². The molecule has 0 radical (unpaired) electrons. The first-order valence-electron chi connectivity index (χ1n) is 4.53. The van der Waals surface area contributed by atoms with E-state index in [0.29, 0.717) is 16.3 Å². The van der Waals surface area contributed by atoms with Gasteiger partial charge in [-0.25, -0.2) is 4.68 Å². The van der Waals surface area contributed by atoms with Gasteiger partial charge >= 0.3 is 0 Å². The maximum atomic E-state index is 10.8. The molecule has 1 aromatic heterocycles. The van der Waals surface area contributed by atoms with Crippen LogP contribution in [-0.4, -0.2) is 16.1 Å². The van der Waals surface area contributed by atoms with Crippen molar-refractivity contribution < 1.29 is 4.79 Å². The van der Waals surface area contributed by atoms with Crippen molar-refractivity contribution in [3.8, 4) is 5.69 Å². The first-order chi connectivity index (χ1) is 7.24. The smallest absolute Gasteiger partial charge is 0.154 e. The van der Waals surface area contributed by atoms with Gasteiger partial charge in [0.2, 0.25) is 0 Å². The Bertz CT molecular complexity index is 491. The largest absolute Gasteiger partial charge is 0.298 e. The summed E-state index contributed by atoms with van der Waals surface area (Å²) in [5.74, 6) is 0. The van der Waals surface area contributed by atoms with Gasteiger partial charge in [-0.15, -0.1) is 12.6 Å². The molecule has 0 aliphatic carbocycles. The summed E-state index contributed by atoms with van der Waals surface area (Å²) in [6.45, 7) is 1.79. The second-order valence-electron chi connectivity index (χ2n) is 3.19. The van der Waals surface area contributed by atoms with Crippen LogP contribution in [0.5, 0.6) is 0 Å². The molecule has 15 heavy (non-hydrogen) atoms. The second-order valence-corrected chi connectivity index (χ2v) is 3.61. The zero-order chi connectivity index (χ0) is 10.8. The van der Waals surface area contributed by atoms with Crippen molar-refractivity contribution in [2.45, 2.75) is 11.9 Å². The van der Waals surface area contributed by atoms with E-state index in [0.717, 1.165) is 12.0 Å². The van der Waals surface area contributed by atoms with Gasteiger partial charge in [-0.3, -0.25) is 4.79 Å².